The van der Waals surface area contributed by atoms with Gasteiger partial charge in [0, 0.05) is 0 Å². The van der Waals surface area contributed by atoms with Crippen molar-refractivity contribution in [3.05, 3.63) is 17.8 Å². The average molecular weight is 164 g/mol. The summed E-state index contributed by atoms with van der Waals surface area (Å²) >= 11 is 0. The van der Waals surface area contributed by atoms with E-state index >= 15 is 0 Å². The molecule has 0 bridgehead atoms. The molecular weight excluding hydrogens is 156 g/mol. The molecule has 0 atom stereocenters. The van der Waals surface area contributed by atoms with Crippen molar-refractivity contribution in [2.75, 3.05) is 14.2 Å². The summed E-state index contributed by atoms with van der Waals surface area (Å²) in [5.41, 5.74) is 0.313. The molecule has 0 aliphatic carbocycles. The predicted molar refractivity (Wildman–Crippen MR) is 42.1 cm³/mol. The fourth-order valence-corrected chi connectivity index (χ4v) is 0.792. The van der Waals surface area contributed by atoms with Crippen molar-refractivity contribution in [2.45, 2.75) is 0 Å². The molecular formula is C8H8N2O2. The standard InChI is InChI=1S/C8H8N2O2/c1-11-7-4-3-6(5-9)10-8(7)12-2/h3-4H,1-2H3. The van der Waals surface area contributed by atoms with E-state index in [1.807, 2.05) is 6.07 Å². The van der Waals surface area contributed by atoms with Crippen LogP contribution in [0.25, 0.3) is 0 Å². The molecule has 4 nitrogen and oxygen atoms in total. The molecule has 62 valence electrons. The fraction of sp³-hybridized carbons (Fsp3) is 0.250. The van der Waals surface area contributed by atoms with Gasteiger partial charge in [-0.3, -0.25) is 0 Å². The third-order valence-corrected chi connectivity index (χ3v) is 1.35. The number of nitriles is 1. The Morgan fingerprint density at radius 1 is 1.33 bits per heavy atom. The summed E-state index contributed by atoms with van der Waals surface area (Å²) in [7, 11) is 3.00. The molecule has 12 heavy (non-hydrogen) atoms. The van der Waals surface area contributed by atoms with Crippen LogP contribution in [0.4, 0.5) is 0 Å². The van der Waals surface area contributed by atoms with Gasteiger partial charge in [-0.25, -0.2) is 0 Å². The molecule has 0 aromatic carbocycles. The number of methoxy groups -OCH3 is 2. The van der Waals surface area contributed by atoms with Crippen LogP contribution in [-0.2, 0) is 0 Å². The second kappa shape index (κ2) is 3.58. The molecule has 0 amide bonds. The Bertz CT molecular complexity index is 317. The highest BCUT2D eigenvalue weighted by Crippen LogP contribution is 2.23. The molecule has 0 aliphatic rings. The molecule has 1 rings (SSSR count). The lowest BCUT2D eigenvalue weighted by atomic mass is 10.3. The maximum absolute atomic E-state index is 8.51. The molecule has 0 radical (unpaired) electrons. The Balaban J connectivity index is 3.13. The second-order valence-corrected chi connectivity index (χ2v) is 2.02. The van der Waals surface area contributed by atoms with Gasteiger partial charge in [-0.05, 0) is 12.1 Å². The van der Waals surface area contributed by atoms with Gasteiger partial charge < -0.3 is 9.47 Å². The van der Waals surface area contributed by atoms with Crippen LogP contribution in [0.2, 0.25) is 0 Å². The summed E-state index contributed by atoms with van der Waals surface area (Å²) in [6.45, 7) is 0. The van der Waals surface area contributed by atoms with Crippen LogP contribution in [0.15, 0.2) is 12.1 Å². The Morgan fingerprint density at radius 2 is 2.08 bits per heavy atom. The van der Waals surface area contributed by atoms with Gasteiger partial charge in [0.1, 0.15) is 11.8 Å². The van der Waals surface area contributed by atoms with Crippen molar-refractivity contribution in [1.29, 1.82) is 5.26 Å². The molecule has 0 aliphatic heterocycles. The largest absolute Gasteiger partial charge is 0.491 e. The smallest absolute Gasteiger partial charge is 0.257 e. The third kappa shape index (κ3) is 1.45. The molecule has 1 heterocycles. The lowest BCUT2D eigenvalue weighted by Crippen LogP contribution is -1.94. The van der Waals surface area contributed by atoms with Gasteiger partial charge in [-0.1, -0.05) is 0 Å². The van der Waals surface area contributed by atoms with Crippen molar-refractivity contribution in [1.82, 2.24) is 4.98 Å². The Morgan fingerprint density at radius 3 is 2.58 bits per heavy atom. The summed E-state index contributed by atoms with van der Waals surface area (Å²) in [6.07, 6.45) is 0. The zero-order valence-corrected chi connectivity index (χ0v) is 6.87. The predicted octanol–water partition coefficient (Wildman–Crippen LogP) is 0.970. The molecule has 0 unspecified atom stereocenters. The van der Waals surface area contributed by atoms with E-state index in [0.29, 0.717) is 17.3 Å². The maximum Gasteiger partial charge on any atom is 0.257 e. The lowest BCUT2D eigenvalue weighted by Gasteiger charge is -2.04. The Hall–Kier alpha value is -1.76. The van der Waals surface area contributed by atoms with Crippen molar-refractivity contribution < 1.29 is 9.47 Å². The van der Waals surface area contributed by atoms with E-state index in [0.717, 1.165) is 0 Å². The first kappa shape index (κ1) is 8.34. The minimum absolute atomic E-state index is 0.313. The number of nitrogens with zero attached hydrogens (tertiary/aromatic N) is 2. The molecule has 1 aromatic rings. The minimum Gasteiger partial charge on any atom is -0.491 e. The quantitative estimate of drug-likeness (QED) is 0.653. The van der Waals surface area contributed by atoms with Crippen LogP contribution < -0.4 is 9.47 Å². The zero-order valence-electron chi connectivity index (χ0n) is 6.87. The van der Waals surface area contributed by atoms with Crippen LogP contribution in [0.1, 0.15) is 5.69 Å². The molecule has 0 saturated carbocycles. The van der Waals surface area contributed by atoms with E-state index in [2.05, 4.69) is 4.98 Å². The summed E-state index contributed by atoms with van der Waals surface area (Å²) in [4.78, 5) is 3.87. The van der Waals surface area contributed by atoms with E-state index < -0.39 is 0 Å². The Labute approximate surface area is 70.4 Å². The summed E-state index contributed by atoms with van der Waals surface area (Å²) in [6, 6.07) is 5.12. The highest BCUT2D eigenvalue weighted by Gasteiger charge is 2.04. The zero-order chi connectivity index (χ0) is 8.97. The SMILES string of the molecule is COc1ccc(C#N)nc1OC. The number of rotatable bonds is 2. The first-order valence-electron chi connectivity index (χ1n) is 3.31. The number of pyridine rings is 1. The highest BCUT2D eigenvalue weighted by atomic mass is 16.5. The summed E-state index contributed by atoms with van der Waals surface area (Å²) in [5, 5.41) is 8.51. The van der Waals surface area contributed by atoms with Crippen molar-refractivity contribution in [3.63, 3.8) is 0 Å². The van der Waals surface area contributed by atoms with E-state index in [1.165, 1.54) is 14.2 Å². The molecule has 4 heteroatoms. The van der Waals surface area contributed by atoms with Crippen LogP contribution >= 0.6 is 0 Å². The van der Waals surface area contributed by atoms with Crippen molar-refractivity contribution in [2.24, 2.45) is 0 Å². The minimum atomic E-state index is 0.313. The summed E-state index contributed by atoms with van der Waals surface area (Å²) in [5.74, 6) is 0.855. The van der Waals surface area contributed by atoms with Gasteiger partial charge in [-0.15, -0.1) is 0 Å². The molecule has 0 N–H and O–H groups in total. The van der Waals surface area contributed by atoms with E-state index in [-0.39, 0.29) is 0 Å². The van der Waals surface area contributed by atoms with Crippen molar-refractivity contribution in [3.8, 4) is 17.7 Å². The molecule has 0 fully saturated rings. The van der Waals surface area contributed by atoms with Crippen LogP contribution in [0.5, 0.6) is 11.6 Å². The number of aromatic nitrogens is 1. The van der Waals surface area contributed by atoms with Gasteiger partial charge in [0.05, 0.1) is 14.2 Å². The topological polar surface area (TPSA) is 55.1 Å². The van der Waals surface area contributed by atoms with Gasteiger partial charge >= 0.3 is 0 Å². The normalized spacial score (nSPS) is 8.75. The average Bonchev–Trinajstić information content (AvgIpc) is 2.16. The van der Waals surface area contributed by atoms with Crippen LogP contribution in [0.3, 0.4) is 0 Å². The van der Waals surface area contributed by atoms with Crippen LogP contribution in [-0.4, -0.2) is 19.2 Å². The maximum atomic E-state index is 8.51. The fourth-order valence-electron chi connectivity index (χ4n) is 0.792. The Kier molecular flexibility index (Phi) is 2.49. The van der Waals surface area contributed by atoms with Gasteiger partial charge in [-0.2, -0.15) is 10.2 Å². The highest BCUT2D eigenvalue weighted by molar-refractivity contribution is 5.37. The van der Waals surface area contributed by atoms with E-state index in [9.17, 15) is 0 Å². The number of hydrogen-bond donors (Lipinski definition) is 0. The third-order valence-electron chi connectivity index (χ3n) is 1.35. The lowest BCUT2D eigenvalue weighted by molar-refractivity contribution is 0.342. The van der Waals surface area contributed by atoms with Gasteiger partial charge in [0.15, 0.2) is 5.75 Å². The van der Waals surface area contributed by atoms with Crippen molar-refractivity contribution >= 4 is 0 Å². The number of ether oxygens (including phenoxy) is 2. The molecule has 1 aromatic heterocycles. The first-order valence-corrected chi connectivity index (χ1v) is 3.31. The molecule has 0 spiro atoms. The molecule has 0 saturated heterocycles. The van der Waals surface area contributed by atoms with E-state index in [4.69, 9.17) is 14.7 Å². The van der Waals surface area contributed by atoms with Gasteiger partial charge in [0.25, 0.3) is 5.88 Å². The van der Waals surface area contributed by atoms with E-state index in [1.54, 1.807) is 12.1 Å². The summed E-state index contributed by atoms with van der Waals surface area (Å²) < 4.78 is 9.83. The van der Waals surface area contributed by atoms with Crippen LogP contribution in [0, 0.1) is 11.3 Å². The second-order valence-electron chi connectivity index (χ2n) is 2.02. The first-order chi connectivity index (χ1) is 5.81. The number of hydrogen-bond acceptors (Lipinski definition) is 4. The monoisotopic (exact) mass is 164 g/mol. The van der Waals surface area contributed by atoms with Gasteiger partial charge in [0.2, 0.25) is 0 Å².